The highest BCUT2D eigenvalue weighted by Gasteiger charge is 2.15. The molecule has 0 saturated carbocycles. The summed E-state index contributed by atoms with van der Waals surface area (Å²) < 4.78 is 16.2. The molecule has 6 nitrogen and oxygen atoms in total. The SMILES string of the molecule is COc1cc(C(=O)NCC(O)c2ccco2)ccc1OCc1ccc(Cl)cc1. The van der Waals surface area contributed by atoms with E-state index in [1.807, 2.05) is 12.1 Å². The molecule has 1 aromatic heterocycles. The predicted octanol–water partition coefficient (Wildman–Crippen LogP) is 3.98. The van der Waals surface area contributed by atoms with Crippen molar-refractivity contribution >= 4 is 17.5 Å². The van der Waals surface area contributed by atoms with Crippen LogP contribution in [0.2, 0.25) is 5.02 Å². The van der Waals surface area contributed by atoms with Gasteiger partial charge in [0.05, 0.1) is 19.9 Å². The molecule has 1 unspecified atom stereocenters. The number of nitrogens with one attached hydrogen (secondary N) is 1. The van der Waals surface area contributed by atoms with Crippen LogP contribution in [-0.4, -0.2) is 24.7 Å². The smallest absolute Gasteiger partial charge is 0.251 e. The topological polar surface area (TPSA) is 80.9 Å². The second-order valence-electron chi connectivity index (χ2n) is 6.02. The van der Waals surface area contributed by atoms with Gasteiger partial charge in [0.25, 0.3) is 5.91 Å². The van der Waals surface area contributed by atoms with E-state index < -0.39 is 6.10 Å². The van der Waals surface area contributed by atoms with E-state index in [4.69, 9.17) is 25.5 Å². The van der Waals surface area contributed by atoms with Crippen LogP contribution in [0, 0.1) is 0 Å². The maximum atomic E-state index is 12.3. The van der Waals surface area contributed by atoms with Crippen molar-refractivity contribution in [3.8, 4) is 11.5 Å². The van der Waals surface area contributed by atoms with Gasteiger partial charge in [-0.15, -0.1) is 0 Å². The number of hydrogen-bond acceptors (Lipinski definition) is 5. The first-order chi connectivity index (χ1) is 13.6. The first-order valence-corrected chi connectivity index (χ1v) is 8.99. The van der Waals surface area contributed by atoms with Crippen LogP contribution in [0.25, 0.3) is 0 Å². The van der Waals surface area contributed by atoms with Crippen LogP contribution in [0.1, 0.15) is 27.8 Å². The van der Waals surface area contributed by atoms with Crippen molar-refractivity contribution in [2.75, 3.05) is 13.7 Å². The highest BCUT2D eigenvalue weighted by molar-refractivity contribution is 6.30. The third-order valence-electron chi connectivity index (χ3n) is 4.06. The monoisotopic (exact) mass is 401 g/mol. The number of ether oxygens (including phenoxy) is 2. The van der Waals surface area contributed by atoms with E-state index in [-0.39, 0.29) is 12.5 Å². The molecule has 1 amide bonds. The molecule has 3 rings (SSSR count). The van der Waals surface area contributed by atoms with Gasteiger partial charge in [0, 0.05) is 10.6 Å². The Balaban J connectivity index is 1.61. The number of carbonyl (C=O) groups is 1. The molecule has 0 bridgehead atoms. The van der Waals surface area contributed by atoms with Gasteiger partial charge >= 0.3 is 0 Å². The zero-order chi connectivity index (χ0) is 19.9. The lowest BCUT2D eigenvalue weighted by atomic mass is 10.1. The van der Waals surface area contributed by atoms with Crippen LogP contribution in [-0.2, 0) is 6.61 Å². The van der Waals surface area contributed by atoms with Gasteiger partial charge in [-0.3, -0.25) is 4.79 Å². The number of benzene rings is 2. The Kier molecular flexibility index (Phi) is 6.57. The van der Waals surface area contributed by atoms with Crippen molar-refractivity contribution in [1.29, 1.82) is 0 Å². The Labute approximate surface area is 167 Å². The molecule has 7 heteroatoms. The van der Waals surface area contributed by atoms with Crippen LogP contribution in [0.3, 0.4) is 0 Å². The van der Waals surface area contributed by atoms with Gasteiger partial charge in [0.2, 0.25) is 0 Å². The van der Waals surface area contributed by atoms with E-state index in [2.05, 4.69) is 5.32 Å². The quantitative estimate of drug-likeness (QED) is 0.596. The van der Waals surface area contributed by atoms with Gasteiger partial charge in [-0.25, -0.2) is 0 Å². The Bertz CT molecular complexity index is 909. The molecule has 0 spiro atoms. The second kappa shape index (κ2) is 9.30. The van der Waals surface area contributed by atoms with Gasteiger partial charge in [0.1, 0.15) is 18.5 Å². The zero-order valence-corrected chi connectivity index (χ0v) is 16.0. The lowest BCUT2D eigenvalue weighted by Crippen LogP contribution is -2.28. The molecule has 0 aliphatic heterocycles. The minimum absolute atomic E-state index is 0.0312. The third-order valence-corrected chi connectivity index (χ3v) is 4.31. The van der Waals surface area contributed by atoms with E-state index in [1.165, 1.54) is 13.4 Å². The summed E-state index contributed by atoms with van der Waals surface area (Å²) in [5.41, 5.74) is 1.35. The summed E-state index contributed by atoms with van der Waals surface area (Å²) >= 11 is 5.88. The molecule has 0 radical (unpaired) electrons. The Morgan fingerprint density at radius 1 is 1.18 bits per heavy atom. The summed E-state index contributed by atoms with van der Waals surface area (Å²) in [6.07, 6.45) is 0.552. The Hall–Kier alpha value is -2.96. The largest absolute Gasteiger partial charge is 0.493 e. The van der Waals surface area contributed by atoms with Crippen molar-refractivity contribution < 1.29 is 23.8 Å². The number of hydrogen-bond donors (Lipinski definition) is 2. The number of carbonyl (C=O) groups excluding carboxylic acids is 1. The number of methoxy groups -OCH3 is 1. The fraction of sp³-hybridized carbons (Fsp3) is 0.190. The lowest BCUT2D eigenvalue weighted by molar-refractivity contribution is 0.0900. The Morgan fingerprint density at radius 3 is 2.64 bits per heavy atom. The molecule has 1 heterocycles. The maximum Gasteiger partial charge on any atom is 0.251 e. The van der Waals surface area contributed by atoms with Gasteiger partial charge in [0.15, 0.2) is 11.5 Å². The number of halogens is 1. The summed E-state index contributed by atoms with van der Waals surface area (Å²) in [7, 11) is 1.51. The average Bonchev–Trinajstić information content (AvgIpc) is 3.26. The summed E-state index contributed by atoms with van der Waals surface area (Å²) in [6.45, 7) is 0.373. The summed E-state index contributed by atoms with van der Waals surface area (Å²) in [4.78, 5) is 12.3. The molecule has 146 valence electrons. The van der Waals surface area contributed by atoms with Crippen LogP contribution in [0.4, 0.5) is 0 Å². The lowest BCUT2D eigenvalue weighted by Gasteiger charge is -2.13. The van der Waals surface area contributed by atoms with Crippen molar-refractivity contribution in [3.63, 3.8) is 0 Å². The molecule has 0 aliphatic carbocycles. The van der Waals surface area contributed by atoms with Gasteiger partial charge in [-0.2, -0.15) is 0 Å². The third kappa shape index (κ3) is 5.06. The summed E-state index contributed by atoms with van der Waals surface area (Å²) in [6, 6.07) is 15.6. The van der Waals surface area contributed by atoms with E-state index in [1.54, 1.807) is 42.5 Å². The second-order valence-corrected chi connectivity index (χ2v) is 6.46. The first-order valence-electron chi connectivity index (χ1n) is 8.62. The van der Waals surface area contributed by atoms with Gasteiger partial charge in [-0.05, 0) is 48.0 Å². The molecule has 2 aromatic carbocycles. The molecule has 0 aliphatic rings. The minimum Gasteiger partial charge on any atom is -0.493 e. The van der Waals surface area contributed by atoms with Gasteiger partial charge < -0.3 is 24.3 Å². The maximum absolute atomic E-state index is 12.3. The van der Waals surface area contributed by atoms with E-state index in [0.717, 1.165) is 5.56 Å². The molecule has 0 saturated heterocycles. The molecule has 28 heavy (non-hydrogen) atoms. The molecule has 1 atom stereocenters. The van der Waals surface area contributed by atoms with Crippen LogP contribution in [0.15, 0.2) is 65.3 Å². The number of furan rings is 1. The standard InChI is InChI=1S/C21H20ClNO5/c1-26-20-11-15(21(25)23-12-17(24)18-3-2-10-27-18)6-9-19(20)28-13-14-4-7-16(22)8-5-14/h2-11,17,24H,12-13H2,1H3,(H,23,25). The molecule has 0 fully saturated rings. The summed E-state index contributed by atoms with van der Waals surface area (Å²) in [5, 5.41) is 13.3. The minimum atomic E-state index is -0.914. The first kappa shape index (κ1) is 19.8. The zero-order valence-electron chi connectivity index (χ0n) is 15.2. The van der Waals surface area contributed by atoms with Crippen molar-refractivity contribution in [2.24, 2.45) is 0 Å². The fourth-order valence-electron chi connectivity index (χ4n) is 2.54. The van der Waals surface area contributed by atoms with Crippen molar-refractivity contribution in [2.45, 2.75) is 12.7 Å². The normalized spacial score (nSPS) is 11.7. The van der Waals surface area contributed by atoms with E-state index in [9.17, 15) is 9.90 Å². The van der Waals surface area contributed by atoms with E-state index >= 15 is 0 Å². The highest BCUT2D eigenvalue weighted by atomic mass is 35.5. The molecule has 2 N–H and O–H groups in total. The molecular formula is C21H20ClNO5. The Morgan fingerprint density at radius 2 is 1.96 bits per heavy atom. The average molecular weight is 402 g/mol. The van der Waals surface area contributed by atoms with Crippen LogP contribution in [0.5, 0.6) is 11.5 Å². The number of amides is 1. The summed E-state index contributed by atoms with van der Waals surface area (Å²) in [5.74, 6) is 1.01. The number of rotatable bonds is 8. The predicted molar refractivity (Wildman–Crippen MR) is 105 cm³/mol. The molecular weight excluding hydrogens is 382 g/mol. The van der Waals surface area contributed by atoms with E-state index in [0.29, 0.717) is 34.5 Å². The number of aliphatic hydroxyl groups excluding tert-OH is 1. The van der Waals surface area contributed by atoms with Crippen molar-refractivity contribution in [1.82, 2.24) is 5.32 Å². The highest BCUT2D eigenvalue weighted by Crippen LogP contribution is 2.29. The van der Waals surface area contributed by atoms with Crippen LogP contribution >= 0.6 is 11.6 Å². The fourth-order valence-corrected chi connectivity index (χ4v) is 2.67. The molecule has 3 aromatic rings. The van der Waals surface area contributed by atoms with Gasteiger partial charge in [-0.1, -0.05) is 23.7 Å². The number of aliphatic hydroxyl groups is 1. The van der Waals surface area contributed by atoms with Crippen LogP contribution < -0.4 is 14.8 Å². The van der Waals surface area contributed by atoms with Crippen molar-refractivity contribution in [3.05, 3.63) is 82.8 Å².